The summed E-state index contributed by atoms with van der Waals surface area (Å²) in [7, 11) is 0. The van der Waals surface area contributed by atoms with E-state index in [2.05, 4.69) is 43.3 Å². The van der Waals surface area contributed by atoms with E-state index in [9.17, 15) is 0 Å². The highest BCUT2D eigenvalue weighted by atomic mass is 35.5. The van der Waals surface area contributed by atoms with Crippen molar-refractivity contribution in [2.24, 2.45) is 5.73 Å². The van der Waals surface area contributed by atoms with Crippen LogP contribution in [0.15, 0.2) is 53.4 Å². The van der Waals surface area contributed by atoms with Crippen molar-refractivity contribution in [3.8, 4) is 0 Å². The van der Waals surface area contributed by atoms with Gasteiger partial charge in [-0.05, 0) is 55.3 Å². The van der Waals surface area contributed by atoms with Gasteiger partial charge in [-0.15, -0.1) is 11.8 Å². The molecule has 2 aromatic rings. The Bertz CT molecular complexity index is 525. The van der Waals surface area contributed by atoms with Gasteiger partial charge >= 0.3 is 0 Å². The molecule has 2 rings (SSSR count). The Morgan fingerprint density at radius 2 is 1.79 bits per heavy atom. The predicted molar refractivity (Wildman–Crippen MR) is 84.9 cm³/mol. The first-order valence-electron chi connectivity index (χ1n) is 6.38. The van der Waals surface area contributed by atoms with E-state index in [1.54, 1.807) is 0 Å². The second-order valence-corrected chi connectivity index (χ2v) is 6.21. The van der Waals surface area contributed by atoms with Crippen LogP contribution in [-0.2, 0) is 0 Å². The first-order valence-corrected chi connectivity index (χ1v) is 7.64. The van der Waals surface area contributed by atoms with Crippen LogP contribution in [0.1, 0.15) is 22.8 Å². The quantitative estimate of drug-likeness (QED) is 0.799. The molecule has 2 N–H and O–H groups in total. The summed E-state index contributed by atoms with van der Waals surface area (Å²) < 4.78 is 0. The predicted octanol–water partition coefficient (Wildman–Crippen LogP) is 4.83. The number of benzene rings is 2. The summed E-state index contributed by atoms with van der Waals surface area (Å²) in [6.45, 7) is 2.85. The molecule has 0 amide bonds. The molecule has 1 atom stereocenters. The average molecular weight is 292 g/mol. The minimum atomic E-state index is 0.396. The van der Waals surface area contributed by atoms with Gasteiger partial charge in [0.2, 0.25) is 0 Å². The standard InChI is InChI=1S/C16H18ClNS/c1-12-4-2-3-5-15(12)16(10-11-18)19-14-8-6-13(17)7-9-14/h2-9,16H,10-11,18H2,1H3. The number of aryl methyl sites for hydroxylation is 1. The molecule has 0 radical (unpaired) electrons. The van der Waals surface area contributed by atoms with Gasteiger partial charge in [0.25, 0.3) is 0 Å². The van der Waals surface area contributed by atoms with Crippen LogP contribution in [0.4, 0.5) is 0 Å². The fourth-order valence-corrected chi connectivity index (χ4v) is 3.45. The topological polar surface area (TPSA) is 26.0 Å². The Morgan fingerprint density at radius 1 is 1.11 bits per heavy atom. The van der Waals surface area contributed by atoms with Crippen molar-refractivity contribution in [2.45, 2.75) is 23.5 Å². The Hall–Kier alpha value is -0.960. The number of thioether (sulfide) groups is 1. The Morgan fingerprint density at radius 3 is 2.42 bits per heavy atom. The van der Waals surface area contributed by atoms with Crippen LogP contribution in [0.2, 0.25) is 5.02 Å². The van der Waals surface area contributed by atoms with Crippen molar-refractivity contribution < 1.29 is 0 Å². The Balaban J connectivity index is 2.21. The van der Waals surface area contributed by atoms with Gasteiger partial charge in [-0.3, -0.25) is 0 Å². The summed E-state index contributed by atoms with van der Waals surface area (Å²) in [5.41, 5.74) is 8.45. The maximum Gasteiger partial charge on any atom is 0.0406 e. The lowest BCUT2D eigenvalue weighted by molar-refractivity contribution is 0.809. The van der Waals surface area contributed by atoms with Crippen molar-refractivity contribution in [2.75, 3.05) is 6.54 Å². The van der Waals surface area contributed by atoms with E-state index >= 15 is 0 Å². The first kappa shape index (κ1) is 14.4. The highest BCUT2D eigenvalue weighted by Gasteiger charge is 2.14. The maximum atomic E-state index is 5.92. The molecule has 2 aromatic carbocycles. The third-order valence-corrected chi connectivity index (χ3v) is 4.63. The summed E-state index contributed by atoms with van der Waals surface area (Å²) in [6, 6.07) is 16.5. The molecule has 100 valence electrons. The van der Waals surface area contributed by atoms with Gasteiger partial charge in [-0.1, -0.05) is 35.9 Å². The maximum absolute atomic E-state index is 5.92. The van der Waals surface area contributed by atoms with Crippen LogP contribution in [0.25, 0.3) is 0 Å². The Kier molecular flexibility index (Phi) is 5.32. The van der Waals surface area contributed by atoms with Gasteiger partial charge in [0.05, 0.1) is 0 Å². The highest BCUT2D eigenvalue weighted by molar-refractivity contribution is 7.99. The molecule has 0 aliphatic rings. The van der Waals surface area contributed by atoms with Crippen LogP contribution in [0.3, 0.4) is 0 Å². The largest absolute Gasteiger partial charge is 0.330 e. The van der Waals surface area contributed by atoms with E-state index < -0.39 is 0 Å². The smallest absolute Gasteiger partial charge is 0.0406 e. The minimum Gasteiger partial charge on any atom is -0.330 e. The normalized spacial score (nSPS) is 12.4. The lowest BCUT2D eigenvalue weighted by Crippen LogP contribution is -2.06. The van der Waals surface area contributed by atoms with E-state index in [1.165, 1.54) is 16.0 Å². The number of halogens is 1. The molecule has 0 bridgehead atoms. The van der Waals surface area contributed by atoms with Gasteiger partial charge in [0.1, 0.15) is 0 Å². The molecule has 0 fully saturated rings. The molecule has 1 unspecified atom stereocenters. The zero-order valence-electron chi connectivity index (χ0n) is 11.0. The van der Waals surface area contributed by atoms with E-state index in [0.717, 1.165) is 11.4 Å². The zero-order valence-corrected chi connectivity index (χ0v) is 12.5. The van der Waals surface area contributed by atoms with Crippen molar-refractivity contribution in [1.82, 2.24) is 0 Å². The van der Waals surface area contributed by atoms with Crippen molar-refractivity contribution >= 4 is 23.4 Å². The molecule has 1 nitrogen and oxygen atoms in total. The van der Waals surface area contributed by atoms with Crippen LogP contribution in [0.5, 0.6) is 0 Å². The summed E-state index contributed by atoms with van der Waals surface area (Å²) in [6.07, 6.45) is 0.970. The summed E-state index contributed by atoms with van der Waals surface area (Å²) in [5, 5.41) is 1.17. The molecular formula is C16H18ClNS. The zero-order chi connectivity index (χ0) is 13.7. The van der Waals surface area contributed by atoms with Crippen LogP contribution in [0, 0.1) is 6.92 Å². The van der Waals surface area contributed by atoms with Crippen LogP contribution >= 0.6 is 23.4 Å². The highest BCUT2D eigenvalue weighted by Crippen LogP contribution is 2.38. The third-order valence-electron chi connectivity index (χ3n) is 3.06. The molecule has 0 saturated heterocycles. The molecular weight excluding hydrogens is 274 g/mol. The van der Waals surface area contributed by atoms with E-state index in [4.69, 9.17) is 17.3 Å². The van der Waals surface area contributed by atoms with E-state index in [0.29, 0.717) is 11.8 Å². The fraction of sp³-hybridized carbons (Fsp3) is 0.250. The van der Waals surface area contributed by atoms with Gasteiger partial charge in [0, 0.05) is 15.2 Å². The molecule has 3 heteroatoms. The van der Waals surface area contributed by atoms with Crippen LogP contribution < -0.4 is 5.73 Å². The lowest BCUT2D eigenvalue weighted by atomic mass is 10.0. The summed E-state index contributed by atoms with van der Waals surface area (Å²) in [4.78, 5) is 1.23. The Labute approximate surface area is 124 Å². The van der Waals surface area contributed by atoms with Gasteiger partial charge in [-0.2, -0.15) is 0 Å². The molecule has 0 heterocycles. The second-order valence-electron chi connectivity index (χ2n) is 4.49. The van der Waals surface area contributed by atoms with Crippen molar-refractivity contribution in [3.63, 3.8) is 0 Å². The van der Waals surface area contributed by atoms with Gasteiger partial charge < -0.3 is 5.73 Å². The molecule has 19 heavy (non-hydrogen) atoms. The summed E-state index contributed by atoms with van der Waals surface area (Å²) >= 11 is 7.77. The van der Waals surface area contributed by atoms with Gasteiger partial charge in [-0.25, -0.2) is 0 Å². The van der Waals surface area contributed by atoms with E-state index in [1.807, 2.05) is 23.9 Å². The summed E-state index contributed by atoms with van der Waals surface area (Å²) in [5.74, 6) is 0. The van der Waals surface area contributed by atoms with Crippen molar-refractivity contribution in [3.05, 3.63) is 64.7 Å². The molecule has 0 aliphatic carbocycles. The van der Waals surface area contributed by atoms with Crippen LogP contribution in [-0.4, -0.2) is 6.54 Å². The number of hydrogen-bond acceptors (Lipinski definition) is 2. The monoisotopic (exact) mass is 291 g/mol. The first-order chi connectivity index (χ1) is 9.20. The minimum absolute atomic E-state index is 0.396. The van der Waals surface area contributed by atoms with E-state index in [-0.39, 0.29) is 0 Å². The molecule has 0 aliphatic heterocycles. The number of hydrogen-bond donors (Lipinski definition) is 1. The van der Waals surface area contributed by atoms with Gasteiger partial charge in [0.15, 0.2) is 0 Å². The third kappa shape index (κ3) is 4.00. The molecule has 0 saturated carbocycles. The molecule has 0 aromatic heterocycles. The SMILES string of the molecule is Cc1ccccc1C(CCN)Sc1ccc(Cl)cc1. The molecule has 0 spiro atoms. The second kappa shape index (κ2) is 6.99. The average Bonchev–Trinajstić information content (AvgIpc) is 2.41. The number of nitrogens with two attached hydrogens (primary N) is 1. The fourth-order valence-electron chi connectivity index (χ4n) is 2.05. The number of rotatable bonds is 5. The van der Waals surface area contributed by atoms with Crippen molar-refractivity contribution in [1.29, 1.82) is 0 Å². The lowest BCUT2D eigenvalue weighted by Gasteiger charge is -2.18.